The summed E-state index contributed by atoms with van der Waals surface area (Å²) >= 11 is 0. The second kappa shape index (κ2) is 7.68. The lowest BCUT2D eigenvalue weighted by atomic mass is 10.1. The van der Waals surface area contributed by atoms with Gasteiger partial charge in [0.2, 0.25) is 5.91 Å². The Hall–Kier alpha value is -2.76. The number of esters is 1. The fourth-order valence-electron chi connectivity index (χ4n) is 2.31. The molecule has 0 atom stereocenters. The van der Waals surface area contributed by atoms with E-state index in [9.17, 15) is 9.59 Å². The highest BCUT2D eigenvalue weighted by molar-refractivity contribution is 5.90. The number of likely N-dealkylation sites (N-methyl/N-ethyl adjacent to an activating group) is 1. The highest BCUT2D eigenvalue weighted by Crippen LogP contribution is 2.18. The first-order valence-corrected chi connectivity index (χ1v) is 7.49. The van der Waals surface area contributed by atoms with Crippen molar-refractivity contribution in [3.05, 3.63) is 53.0 Å². The number of carbonyl (C=O) groups excluding carboxylic acids is 2. The zero-order valence-electron chi connectivity index (χ0n) is 14.3. The van der Waals surface area contributed by atoms with E-state index in [1.54, 1.807) is 32.0 Å². The maximum atomic E-state index is 12.3. The lowest BCUT2D eigenvalue weighted by Crippen LogP contribution is -2.27. The number of methoxy groups -OCH3 is 2. The number of benzene rings is 1. The van der Waals surface area contributed by atoms with Crippen LogP contribution in [0.2, 0.25) is 0 Å². The lowest BCUT2D eigenvalue weighted by Gasteiger charge is -2.15. The molecule has 1 heterocycles. The predicted octanol–water partition coefficient (Wildman–Crippen LogP) is 2.58. The number of carbonyl (C=O) groups is 2. The van der Waals surface area contributed by atoms with Gasteiger partial charge < -0.3 is 18.8 Å². The molecule has 24 heavy (non-hydrogen) atoms. The molecule has 0 bridgehead atoms. The normalized spacial score (nSPS) is 10.3. The molecule has 128 valence electrons. The van der Waals surface area contributed by atoms with Gasteiger partial charge in [0.1, 0.15) is 22.8 Å². The minimum absolute atomic E-state index is 0.0474. The molecule has 2 rings (SSSR count). The van der Waals surface area contributed by atoms with Gasteiger partial charge in [-0.05, 0) is 30.7 Å². The number of furan rings is 1. The van der Waals surface area contributed by atoms with E-state index >= 15 is 0 Å². The van der Waals surface area contributed by atoms with Crippen LogP contribution in [0.5, 0.6) is 5.75 Å². The van der Waals surface area contributed by atoms with E-state index in [1.165, 1.54) is 7.11 Å². The van der Waals surface area contributed by atoms with Gasteiger partial charge in [-0.3, -0.25) is 4.79 Å². The van der Waals surface area contributed by atoms with Crippen molar-refractivity contribution in [3.63, 3.8) is 0 Å². The second-order valence-electron chi connectivity index (χ2n) is 5.45. The van der Waals surface area contributed by atoms with Crippen LogP contribution < -0.4 is 4.74 Å². The summed E-state index contributed by atoms with van der Waals surface area (Å²) < 4.78 is 15.3. The number of nitrogens with zero attached hydrogens (tertiary/aromatic N) is 1. The number of rotatable bonds is 6. The van der Waals surface area contributed by atoms with Crippen molar-refractivity contribution in [2.75, 3.05) is 21.3 Å². The van der Waals surface area contributed by atoms with E-state index in [0.29, 0.717) is 17.1 Å². The molecular weight excluding hydrogens is 310 g/mol. The van der Waals surface area contributed by atoms with Crippen LogP contribution in [0.3, 0.4) is 0 Å². The van der Waals surface area contributed by atoms with Crippen LogP contribution in [-0.4, -0.2) is 38.0 Å². The Bertz CT molecular complexity index is 718. The van der Waals surface area contributed by atoms with Crippen molar-refractivity contribution in [2.24, 2.45) is 0 Å². The van der Waals surface area contributed by atoms with E-state index in [1.807, 2.05) is 24.3 Å². The Morgan fingerprint density at radius 1 is 1.17 bits per heavy atom. The fourth-order valence-corrected chi connectivity index (χ4v) is 2.31. The van der Waals surface area contributed by atoms with Crippen LogP contribution in [-0.2, 0) is 22.5 Å². The van der Waals surface area contributed by atoms with Gasteiger partial charge in [0.25, 0.3) is 0 Å². The van der Waals surface area contributed by atoms with Crippen molar-refractivity contribution in [1.29, 1.82) is 0 Å². The third-order valence-electron chi connectivity index (χ3n) is 3.71. The molecule has 0 radical (unpaired) electrons. The van der Waals surface area contributed by atoms with E-state index in [4.69, 9.17) is 13.9 Å². The van der Waals surface area contributed by atoms with Crippen LogP contribution in [0.15, 0.2) is 34.7 Å². The smallest absolute Gasteiger partial charge is 0.341 e. The largest absolute Gasteiger partial charge is 0.497 e. The van der Waals surface area contributed by atoms with Gasteiger partial charge >= 0.3 is 5.97 Å². The van der Waals surface area contributed by atoms with Crippen molar-refractivity contribution in [2.45, 2.75) is 19.9 Å². The molecule has 2 aromatic rings. The monoisotopic (exact) mass is 331 g/mol. The first kappa shape index (κ1) is 17.6. The number of aryl methyl sites for hydroxylation is 1. The average Bonchev–Trinajstić information content (AvgIpc) is 2.95. The van der Waals surface area contributed by atoms with Gasteiger partial charge in [-0.2, -0.15) is 0 Å². The maximum absolute atomic E-state index is 12.3. The van der Waals surface area contributed by atoms with Gasteiger partial charge in [-0.25, -0.2) is 4.79 Å². The zero-order chi connectivity index (χ0) is 17.7. The molecule has 0 spiro atoms. The lowest BCUT2D eigenvalue weighted by molar-refractivity contribution is -0.129. The summed E-state index contributed by atoms with van der Waals surface area (Å²) in [6, 6.07) is 8.97. The van der Waals surface area contributed by atoms with E-state index < -0.39 is 5.97 Å². The summed E-state index contributed by atoms with van der Waals surface area (Å²) in [5, 5.41) is 0. The highest BCUT2D eigenvalue weighted by atomic mass is 16.5. The summed E-state index contributed by atoms with van der Waals surface area (Å²) in [6.07, 6.45) is 0.282. The van der Waals surface area contributed by atoms with Crippen LogP contribution >= 0.6 is 0 Å². The van der Waals surface area contributed by atoms with Gasteiger partial charge in [0.05, 0.1) is 27.2 Å². The number of ether oxygens (including phenoxy) is 2. The summed E-state index contributed by atoms with van der Waals surface area (Å²) in [7, 11) is 4.61. The molecule has 1 aromatic carbocycles. The number of hydrogen-bond donors (Lipinski definition) is 0. The molecule has 0 fully saturated rings. The van der Waals surface area contributed by atoms with E-state index in [2.05, 4.69) is 0 Å². The van der Waals surface area contributed by atoms with Gasteiger partial charge in [-0.1, -0.05) is 12.1 Å². The van der Waals surface area contributed by atoms with Crippen LogP contribution in [0.25, 0.3) is 0 Å². The van der Waals surface area contributed by atoms with Gasteiger partial charge in [0, 0.05) is 7.05 Å². The molecule has 0 saturated heterocycles. The summed E-state index contributed by atoms with van der Waals surface area (Å²) in [5.41, 5.74) is 1.28. The number of amides is 1. The molecule has 0 aliphatic rings. The molecule has 0 N–H and O–H groups in total. The Labute approximate surface area is 141 Å². The Morgan fingerprint density at radius 2 is 1.83 bits per heavy atom. The minimum atomic E-state index is -0.449. The highest BCUT2D eigenvalue weighted by Gasteiger charge is 2.18. The molecule has 1 aromatic heterocycles. The van der Waals surface area contributed by atoms with Crippen molar-refractivity contribution in [1.82, 2.24) is 4.90 Å². The van der Waals surface area contributed by atoms with Crippen molar-refractivity contribution < 1.29 is 23.5 Å². The van der Waals surface area contributed by atoms with Crippen LogP contribution in [0, 0.1) is 6.92 Å². The van der Waals surface area contributed by atoms with Crippen molar-refractivity contribution in [3.8, 4) is 5.75 Å². The standard InChI is InChI=1S/C18H21NO5/c1-12-16(18(21)23-4)10-15(24-12)11-19(2)17(20)9-13-5-7-14(22-3)8-6-13/h5-8,10H,9,11H2,1-4H3. The Balaban J connectivity index is 1.99. The van der Waals surface area contributed by atoms with Gasteiger partial charge in [0.15, 0.2) is 0 Å². The summed E-state index contributed by atoms with van der Waals surface area (Å²) in [4.78, 5) is 25.5. The topological polar surface area (TPSA) is 69.0 Å². The number of hydrogen-bond acceptors (Lipinski definition) is 5. The molecule has 0 aliphatic heterocycles. The molecule has 0 unspecified atom stereocenters. The van der Waals surface area contributed by atoms with Gasteiger partial charge in [-0.15, -0.1) is 0 Å². The third kappa shape index (κ3) is 4.16. The first-order chi connectivity index (χ1) is 11.4. The fraction of sp³-hybridized carbons (Fsp3) is 0.333. The van der Waals surface area contributed by atoms with Crippen LogP contribution in [0.4, 0.5) is 0 Å². The molecule has 0 aliphatic carbocycles. The average molecular weight is 331 g/mol. The molecule has 0 saturated carbocycles. The molecule has 1 amide bonds. The zero-order valence-corrected chi connectivity index (χ0v) is 14.3. The molecule has 6 heteroatoms. The maximum Gasteiger partial charge on any atom is 0.341 e. The quantitative estimate of drug-likeness (QED) is 0.761. The second-order valence-corrected chi connectivity index (χ2v) is 5.45. The molecular formula is C18H21NO5. The van der Waals surface area contributed by atoms with Crippen molar-refractivity contribution >= 4 is 11.9 Å². The predicted molar refractivity (Wildman–Crippen MR) is 88.0 cm³/mol. The summed E-state index contributed by atoms with van der Waals surface area (Å²) in [5.74, 6) is 1.27. The van der Waals surface area contributed by atoms with E-state index in [0.717, 1.165) is 11.3 Å². The van der Waals surface area contributed by atoms with Crippen LogP contribution in [0.1, 0.15) is 27.4 Å². The summed E-state index contributed by atoms with van der Waals surface area (Å²) in [6.45, 7) is 1.97. The first-order valence-electron chi connectivity index (χ1n) is 7.49. The Kier molecular flexibility index (Phi) is 5.63. The third-order valence-corrected chi connectivity index (χ3v) is 3.71. The SMILES string of the molecule is COC(=O)c1cc(CN(C)C(=O)Cc2ccc(OC)cc2)oc1C. The Morgan fingerprint density at radius 3 is 2.42 bits per heavy atom. The minimum Gasteiger partial charge on any atom is -0.497 e. The molecule has 6 nitrogen and oxygen atoms in total. The van der Waals surface area contributed by atoms with E-state index in [-0.39, 0.29) is 18.9 Å².